The second-order valence-electron chi connectivity index (χ2n) is 6.72. The van der Waals surface area contributed by atoms with Gasteiger partial charge >= 0.3 is 0 Å². The van der Waals surface area contributed by atoms with Crippen molar-refractivity contribution in [3.8, 4) is 0 Å². The summed E-state index contributed by atoms with van der Waals surface area (Å²) in [7, 11) is 0. The van der Waals surface area contributed by atoms with Crippen LogP contribution < -0.4 is 5.73 Å². The molecule has 1 aromatic rings. The first kappa shape index (κ1) is 16.0. The van der Waals surface area contributed by atoms with Crippen molar-refractivity contribution in [3.05, 3.63) is 17.2 Å². The molecule has 0 saturated carbocycles. The van der Waals surface area contributed by atoms with E-state index >= 15 is 0 Å². The minimum Gasteiger partial charge on any atom is -0.344 e. The highest BCUT2D eigenvalue weighted by molar-refractivity contribution is 5.80. The van der Waals surface area contributed by atoms with Gasteiger partial charge in [-0.3, -0.25) is 9.59 Å². The van der Waals surface area contributed by atoms with Crippen LogP contribution in [-0.4, -0.2) is 57.3 Å². The first-order valence-electron chi connectivity index (χ1n) is 8.28. The molecule has 7 nitrogen and oxygen atoms in total. The Bertz CT molecular complexity index is 612. The Morgan fingerprint density at radius 2 is 2.04 bits per heavy atom. The maximum absolute atomic E-state index is 12.9. The number of amides is 2. The van der Waals surface area contributed by atoms with Gasteiger partial charge in [0.05, 0.1) is 23.9 Å². The van der Waals surface area contributed by atoms with Gasteiger partial charge in [-0.25, -0.2) is 4.98 Å². The Morgan fingerprint density at radius 3 is 2.78 bits per heavy atom. The zero-order valence-electron chi connectivity index (χ0n) is 13.8. The zero-order valence-corrected chi connectivity index (χ0v) is 13.8. The first-order valence-corrected chi connectivity index (χ1v) is 8.28. The molecule has 1 fully saturated rings. The molecular weight excluding hydrogens is 294 g/mol. The van der Waals surface area contributed by atoms with E-state index in [-0.39, 0.29) is 23.8 Å². The van der Waals surface area contributed by atoms with Crippen LogP contribution in [0.25, 0.3) is 0 Å². The Kier molecular flexibility index (Phi) is 4.39. The quantitative estimate of drug-likeness (QED) is 0.772. The number of nitrogens with one attached hydrogen (secondary N) is 1. The number of imidazole rings is 1. The minimum absolute atomic E-state index is 0.00901. The van der Waals surface area contributed by atoms with Crippen molar-refractivity contribution in [3.63, 3.8) is 0 Å². The van der Waals surface area contributed by atoms with E-state index in [0.29, 0.717) is 26.2 Å². The predicted octanol–water partition coefficient (Wildman–Crippen LogP) is 0.189. The third-order valence-electron chi connectivity index (χ3n) is 4.84. The number of carbonyl (C=O) groups is 2. The number of aromatic nitrogens is 2. The van der Waals surface area contributed by atoms with Gasteiger partial charge in [-0.1, -0.05) is 0 Å². The Morgan fingerprint density at radius 1 is 1.26 bits per heavy atom. The lowest BCUT2D eigenvalue weighted by Gasteiger charge is -2.31. The number of nitrogens with two attached hydrogens (primary N) is 1. The highest BCUT2D eigenvalue weighted by atomic mass is 16.2. The Labute approximate surface area is 136 Å². The van der Waals surface area contributed by atoms with Crippen molar-refractivity contribution in [2.75, 3.05) is 19.6 Å². The Balaban J connectivity index is 1.71. The van der Waals surface area contributed by atoms with Gasteiger partial charge in [0.1, 0.15) is 5.82 Å². The average molecular weight is 319 g/mol. The van der Waals surface area contributed by atoms with Crippen LogP contribution in [0.3, 0.4) is 0 Å². The summed E-state index contributed by atoms with van der Waals surface area (Å²) in [5, 5.41) is 0. The molecule has 3 heterocycles. The minimum atomic E-state index is -0.155. The van der Waals surface area contributed by atoms with E-state index < -0.39 is 0 Å². The van der Waals surface area contributed by atoms with E-state index in [1.54, 1.807) is 11.8 Å². The standard InChI is InChI=1S/C16H25N5O2/c1-10-18-14-5-6-20(9-15(14)19-10)16(23)12-3-4-13(17)8-21(7-12)11(2)22/h12-13H,3-9,17H2,1-2H3,(H,18,19)/t12-,13+/m1/s1. The topological polar surface area (TPSA) is 95.3 Å². The van der Waals surface area contributed by atoms with E-state index in [1.807, 2.05) is 11.8 Å². The molecule has 0 aromatic carbocycles. The summed E-state index contributed by atoms with van der Waals surface area (Å²) >= 11 is 0. The summed E-state index contributed by atoms with van der Waals surface area (Å²) in [6.07, 6.45) is 2.31. The number of rotatable bonds is 1. The lowest BCUT2D eigenvalue weighted by atomic mass is 9.99. The molecule has 0 radical (unpaired) electrons. The highest BCUT2D eigenvalue weighted by Crippen LogP contribution is 2.23. The molecule has 7 heteroatoms. The fourth-order valence-electron chi connectivity index (χ4n) is 3.56. The van der Waals surface area contributed by atoms with Crippen LogP contribution in [0, 0.1) is 12.8 Å². The molecular formula is C16H25N5O2. The monoisotopic (exact) mass is 319 g/mol. The number of aromatic amines is 1. The van der Waals surface area contributed by atoms with Crippen LogP contribution in [0.1, 0.15) is 37.0 Å². The summed E-state index contributed by atoms with van der Waals surface area (Å²) in [5.74, 6) is 0.860. The van der Waals surface area contributed by atoms with Gasteiger partial charge in [-0.05, 0) is 19.8 Å². The summed E-state index contributed by atoms with van der Waals surface area (Å²) in [6, 6.07) is -0.0417. The van der Waals surface area contributed by atoms with E-state index in [2.05, 4.69) is 9.97 Å². The molecule has 2 aliphatic rings. The molecule has 0 aliphatic carbocycles. The van der Waals surface area contributed by atoms with Crippen LogP contribution >= 0.6 is 0 Å². The second kappa shape index (κ2) is 6.31. The molecule has 1 aromatic heterocycles. The number of fused-ring (bicyclic) bond motifs is 1. The molecule has 3 N–H and O–H groups in total. The fourth-order valence-corrected chi connectivity index (χ4v) is 3.56. The van der Waals surface area contributed by atoms with Crippen molar-refractivity contribution in [1.29, 1.82) is 0 Å². The lowest BCUT2D eigenvalue weighted by Crippen LogP contribution is -2.44. The van der Waals surface area contributed by atoms with Crippen molar-refractivity contribution >= 4 is 11.8 Å². The molecule has 0 spiro atoms. The third kappa shape index (κ3) is 3.39. The normalized spacial score (nSPS) is 25.0. The van der Waals surface area contributed by atoms with E-state index in [0.717, 1.165) is 36.5 Å². The van der Waals surface area contributed by atoms with Crippen molar-refractivity contribution in [2.24, 2.45) is 11.7 Å². The van der Waals surface area contributed by atoms with Gasteiger partial charge in [0.15, 0.2) is 0 Å². The molecule has 0 unspecified atom stereocenters. The largest absolute Gasteiger partial charge is 0.344 e. The predicted molar refractivity (Wildman–Crippen MR) is 85.4 cm³/mol. The van der Waals surface area contributed by atoms with E-state index in [1.165, 1.54) is 0 Å². The van der Waals surface area contributed by atoms with Crippen LogP contribution in [0.4, 0.5) is 0 Å². The van der Waals surface area contributed by atoms with Crippen molar-refractivity contribution in [1.82, 2.24) is 19.8 Å². The summed E-state index contributed by atoms with van der Waals surface area (Å²) in [5.41, 5.74) is 8.14. The fraction of sp³-hybridized carbons (Fsp3) is 0.688. The van der Waals surface area contributed by atoms with Gasteiger partial charge in [-0.2, -0.15) is 0 Å². The number of likely N-dealkylation sites (tertiary alicyclic amines) is 1. The maximum Gasteiger partial charge on any atom is 0.227 e. The van der Waals surface area contributed by atoms with Gasteiger partial charge in [-0.15, -0.1) is 0 Å². The maximum atomic E-state index is 12.9. The van der Waals surface area contributed by atoms with Crippen molar-refractivity contribution < 1.29 is 9.59 Å². The lowest BCUT2D eigenvalue weighted by molar-refractivity contribution is -0.138. The molecule has 3 rings (SSSR count). The van der Waals surface area contributed by atoms with Crippen molar-refractivity contribution in [2.45, 2.75) is 45.7 Å². The summed E-state index contributed by atoms with van der Waals surface area (Å²) < 4.78 is 0. The number of hydrogen-bond acceptors (Lipinski definition) is 4. The molecule has 1 saturated heterocycles. The summed E-state index contributed by atoms with van der Waals surface area (Å²) in [6.45, 7) is 5.77. The van der Waals surface area contributed by atoms with E-state index in [4.69, 9.17) is 5.73 Å². The summed E-state index contributed by atoms with van der Waals surface area (Å²) in [4.78, 5) is 36.0. The van der Waals surface area contributed by atoms with Crippen LogP contribution in [-0.2, 0) is 22.6 Å². The van der Waals surface area contributed by atoms with Gasteiger partial charge < -0.3 is 20.5 Å². The SMILES string of the molecule is CC(=O)N1C[C@@H](N)CC[C@@H](C(=O)N2CCc3nc(C)[nH]c3C2)C1. The molecule has 23 heavy (non-hydrogen) atoms. The average Bonchev–Trinajstić information content (AvgIpc) is 2.75. The van der Waals surface area contributed by atoms with Crippen LogP contribution in [0.5, 0.6) is 0 Å². The second-order valence-corrected chi connectivity index (χ2v) is 6.72. The molecule has 126 valence electrons. The highest BCUT2D eigenvalue weighted by Gasteiger charge is 2.32. The number of nitrogens with zero attached hydrogens (tertiary/aromatic N) is 3. The first-order chi connectivity index (χ1) is 10.9. The molecule has 2 atom stereocenters. The number of H-pyrrole nitrogens is 1. The molecule has 0 bridgehead atoms. The third-order valence-corrected chi connectivity index (χ3v) is 4.84. The van der Waals surface area contributed by atoms with Crippen LogP contribution in [0.15, 0.2) is 0 Å². The Hall–Kier alpha value is -1.89. The molecule has 2 aliphatic heterocycles. The zero-order chi connectivity index (χ0) is 16.6. The van der Waals surface area contributed by atoms with Gasteiger partial charge in [0, 0.05) is 39.0 Å². The van der Waals surface area contributed by atoms with Gasteiger partial charge in [0.2, 0.25) is 11.8 Å². The smallest absolute Gasteiger partial charge is 0.227 e. The van der Waals surface area contributed by atoms with Crippen LogP contribution in [0.2, 0.25) is 0 Å². The van der Waals surface area contributed by atoms with Gasteiger partial charge in [0.25, 0.3) is 0 Å². The number of aryl methyl sites for hydroxylation is 1. The number of carbonyl (C=O) groups excluding carboxylic acids is 2. The number of hydrogen-bond donors (Lipinski definition) is 2. The van der Waals surface area contributed by atoms with E-state index in [9.17, 15) is 9.59 Å². The molecule has 2 amide bonds.